The smallest absolute Gasteiger partial charge is 0.0100 e. The molecule has 0 aliphatic rings. The first-order chi connectivity index (χ1) is 11.4. The summed E-state index contributed by atoms with van der Waals surface area (Å²) in [6, 6.07) is 21.1. The van der Waals surface area contributed by atoms with Gasteiger partial charge in [0.1, 0.15) is 0 Å². The lowest BCUT2D eigenvalue weighted by Gasteiger charge is -2.01. The third kappa shape index (κ3) is 10.5. The van der Waals surface area contributed by atoms with Gasteiger partial charge in [-0.05, 0) is 30.4 Å². The standard InChI is InChI=1S/C14H22.C9H10/c1-2-3-4-5-6-8-11-14-12-9-7-10-13-14;1-2-6-9-7-4-3-5-8-9/h7,9-10,12-13H,2-6,8,11H2,1H3;2-5,7-8H,1,6H2. The second kappa shape index (κ2) is 13.8. The fourth-order valence-electron chi connectivity index (χ4n) is 2.53. The molecule has 0 aromatic heterocycles. The Morgan fingerprint density at radius 1 is 0.696 bits per heavy atom. The van der Waals surface area contributed by atoms with Gasteiger partial charge in [-0.15, -0.1) is 6.58 Å². The largest absolute Gasteiger partial charge is 0.103 e. The van der Waals surface area contributed by atoms with Crippen molar-refractivity contribution in [2.45, 2.75) is 58.3 Å². The third-order valence-electron chi connectivity index (χ3n) is 3.88. The first kappa shape index (κ1) is 19.2. The fraction of sp³-hybridized carbons (Fsp3) is 0.391. The molecule has 0 aliphatic carbocycles. The molecule has 0 spiro atoms. The number of benzene rings is 2. The van der Waals surface area contributed by atoms with Gasteiger partial charge in [-0.1, -0.05) is 106 Å². The maximum Gasteiger partial charge on any atom is -0.0100 e. The van der Waals surface area contributed by atoms with Crippen LogP contribution in [-0.4, -0.2) is 0 Å². The molecule has 0 nitrogen and oxygen atoms in total. The molecule has 2 rings (SSSR count). The van der Waals surface area contributed by atoms with Gasteiger partial charge in [0.25, 0.3) is 0 Å². The Kier molecular flexibility index (Phi) is 11.5. The van der Waals surface area contributed by atoms with Crippen LogP contribution in [0.15, 0.2) is 73.3 Å². The number of rotatable bonds is 9. The van der Waals surface area contributed by atoms with Crippen molar-refractivity contribution in [1.29, 1.82) is 0 Å². The number of allylic oxidation sites excluding steroid dienone is 1. The number of unbranched alkanes of at least 4 members (excludes halogenated alkanes) is 5. The Bertz CT molecular complexity index is 484. The predicted molar refractivity (Wildman–Crippen MR) is 104 cm³/mol. The lowest BCUT2D eigenvalue weighted by Crippen LogP contribution is -1.85. The van der Waals surface area contributed by atoms with Crippen LogP contribution in [0, 0.1) is 0 Å². The van der Waals surface area contributed by atoms with E-state index in [0.29, 0.717) is 0 Å². The van der Waals surface area contributed by atoms with Crippen molar-refractivity contribution in [3.05, 3.63) is 84.4 Å². The predicted octanol–water partition coefficient (Wildman–Crippen LogP) is 7.00. The second-order valence-corrected chi connectivity index (χ2v) is 5.98. The van der Waals surface area contributed by atoms with Crippen molar-refractivity contribution in [2.24, 2.45) is 0 Å². The zero-order valence-electron chi connectivity index (χ0n) is 14.7. The summed E-state index contributed by atoms with van der Waals surface area (Å²) in [5, 5.41) is 0. The highest BCUT2D eigenvalue weighted by atomic mass is 14.0. The molecular weight excluding hydrogens is 276 g/mol. The zero-order chi connectivity index (χ0) is 16.6. The van der Waals surface area contributed by atoms with Gasteiger partial charge in [-0.25, -0.2) is 0 Å². The van der Waals surface area contributed by atoms with Crippen LogP contribution in [0.1, 0.15) is 56.6 Å². The molecule has 0 aliphatic heterocycles. The molecule has 0 atom stereocenters. The van der Waals surface area contributed by atoms with E-state index in [9.17, 15) is 0 Å². The first-order valence-electron chi connectivity index (χ1n) is 9.05. The van der Waals surface area contributed by atoms with Crippen LogP contribution < -0.4 is 0 Å². The zero-order valence-corrected chi connectivity index (χ0v) is 14.7. The van der Waals surface area contributed by atoms with E-state index in [1.54, 1.807) is 0 Å². The second-order valence-electron chi connectivity index (χ2n) is 5.98. The average molecular weight is 309 g/mol. The summed E-state index contributed by atoms with van der Waals surface area (Å²) in [7, 11) is 0. The van der Waals surface area contributed by atoms with Gasteiger partial charge in [-0.2, -0.15) is 0 Å². The average Bonchev–Trinajstić information content (AvgIpc) is 2.61. The highest BCUT2D eigenvalue weighted by Gasteiger charge is 1.92. The van der Waals surface area contributed by atoms with Gasteiger partial charge in [0.05, 0.1) is 0 Å². The Hall–Kier alpha value is -1.82. The molecule has 0 heterocycles. The van der Waals surface area contributed by atoms with Crippen molar-refractivity contribution >= 4 is 0 Å². The van der Waals surface area contributed by atoms with Crippen molar-refractivity contribution in [3.8, 4) is 0 Å². The van der Waals surface area contributed by atoms with Gasteiger partial charge in [-0.3, -0.25) is 0 Å². The van der Waals surface area contributed by atoms with Gasteiger partial charge in [0.15, 0.2) is 0 Å². The van der Waals surface area contributed by atoms with Crippen molar-refractivity contribution in [2.75, 3.05) is 0 Å². The monoisotopic (exact) mass is 308 g/mol. The van der Waals surface area contributed by atoms with Gasteiger partial charge >= 0.3 is 0 Å². The topological polar surface area (TPSA) is 0 Å². The number of hydrogen-bond donors (Lipinski definition) is 0. The molecule has 2 aromatic rings. The molecule has 0 saturated heterocycles. The summed E-state index contributed by atoms with van der Waals surface area (Å²) >= 11 is 0. The van der Waals surface area contributed by atoms with Crippen LogP contribution in [0.2, 0.25) is 0 Å². The van der Waals surface area contributed by atoms with E-state index in [2.05, 4.69) is 56.0 Å². The summed E-state index contributed by atoms with van der Waals surface area (Å²) in [6.45, 7) is 5.92. The SMILES string of the molecule is C=CCc1ccccc1.CCCCCCCCc1ccccc1. The van der Waals surface area contributed by atoms with Crippen LogP contribution in [0.4, 0.5) is 0 Å². The van der Waals surface area contributed by atoms with E-state index in [0.717, 1.165) is 6.42 Å². The fourth-order valence-corrected chi connectivity index (χ4v) is 2.53. The van der Waals surface area contributed by atoms with E-state index in [1.165, 1.54) is 56.1 Å². The van der Waals surface area contributed by atoms with Crippen LogP contribution in [-0.2, 0) is 12.8 Å². The molecule has 124 valence electrons. The molecule has 0 fully saturated rings. The molecule has 0 saturated carbocycles. The summed E-state index contributed by atoms with van der Waals surface area (Å²) in [5.41, 5.74) is 2.82. The summed E-state index contributed by atoms with van der Waals surface area (Å²) in [5.74, 6) is 0. The number of hydrogen-bond acceptors (Lipinski definition) is 0. The van der Waals surface area contributed by atoms with E-state index in [-0.39, 0.29) is 0 Å². The normalized spacial score (nSPS) is 9.78. The van der Waals surface area contributed by atoms with Crippen LogP contribution >= 0.6 is 0 Å². The minimum atomic E-state index is 0.973. The molecule has 0 N–H and O–H groups in total. The highest BCUT2D eigenvalue weighted by Crippen LogP contribution is 2.09. The molecule has 0 radical (unpaired) electrons. The Morgan fingerprint density at radius 3 is 1.78 bits per heavy atom. The van der Waals surface area contributed by atoms with Crippen LogP contribution in [0.25, 0.3) is 0 Å². The van der Waals surface area contributed by atoms with Gasteiger partial charge < -0.3 is 0 Å². The maximum atomic E-state index is 3.66. The molecule has 0 heteroatoms. The molecule has 23 heavy (non-hydrogen) atoms. The summed E-state index contributed by atoms with van der Waals surface area (Å²) in [6.07, 6.45) is 12.5. The lowest BCUT2D eigenvalue weighted by atomic mass is 10.1. The lowest BCUT2D eigenvalue weighted by molar-refractivity contribution is 0.607. The summed E-state index contributed by atoms with van der Waals surface area (Å²) in [4.78, 5) is 0. The number of aryl methyl sites for hydroxylation is 1. The highest BCUT2D eigenvalue weighted by molar-refractivity contribution is 5.16. The van der Waals surface area contributed by atoms with E-state index in [1.807, 2.05) is 24.3 Å². The molecule has 0 unspecified atom stereocenters. The Labute approximate surface area is 143 Å². The Balaban J connectivity index is 0.000000253. The quantitative estimate of drug-likeness (QED) is 0.345. The van der Waals surface area contributed by atoms with Gasteiger partial charge in [0, 0.05) is 0 Å². The van der Waals surface area contributed by atoms with E-state index < -0.39 is 0 Å². The maximum absolute atomic E-state index is 3.66. The molecule has 0 amide bonds. The molecular formula is C23H32. The van der Waals surface area contributed by atoms with E-state index >= 15 is 0 Å². The minimum absolute atomic E-state index is 0.973. The summed E-state index contributed by atoms with van der Waals surface area (Å²) < 4.78 is 0. The third-order valence-corrected chi connectivity index (χ3v) is 3.88. The minimum Gasteiger partial charge on any atom is -0.103 e. The van der Waals surface area contributed by atoms with Crippen molar-refractivity contribution < 1.29 is 0 Å². The van der Waals surface area contributed by atoms with Crippen LogP contribution in [0.5, 0.6) is 0 Å². The Morgan fingerprint density at radius 2 is 1.22 bits per heavy atom. The van der Waals surface area contributed by atoms with Crippen molar-refractivity contribution in [3.63, 3.8) is 0 Å². The van der Waals surface area contributed by atoms with Gasteiger partial charge in [0.2, 0.25) is 0 Å². The van der Waals surface area contributed by atoms with Crippen LogP contribution in [0.3, 0.4) is 0 Å². The van der Waals surface area contributed by atoms with E-state index in [4.69, 9.17) is 0 Å². The molecule has 2 aromatic carbocycles. The first-order valence-corrected chi connectivity index (χ1v) is 9.05. The molecule has 0 bridgehead atoms. The van der Waals surface area contributed by atoms with Crippen molar-refractivity contribution in [1.82, 2.24) is 0 Å².